The van der Waals surface area contributed by atoms with E-state index in [0.717, 1.165) is 28.8 Å². The lowest BCUT2D eigenvalue weighted by molar-refractivity contribution is 0.495. The number of aryl methyl sites for hydroxylation is 1. The lowest BCUT2D eigenvalue weighted by Gasteiger charge is -2.14. The molecule has 1 heterocycles. The quantitative estimate of drug-likeness (QED) is 0.879. The van der Waals surface area contributed by atoms with Crippen molar-refractivity contribution >= 4 is 21.6 Å². The molecule has 1 N–H and O–H groups in total. The highest BCUT2D eigenvalue weighted by Crippen LogP contribution is 2.17. The fourth-order valence-electron chi connectivity index (χ4n) is 1.75. The van der Waals surface area contributed by atoms with E-state index in [9.17, 15) is 0 Å². The maximum Gasteiger partial charge on any atom is 0.103 e. The first-order valence-electron chi connectivity index (χ1n) is 5.78. The molecule has 0 fully saturated rings. The molecule has 0 radical (unpaired) electrons. The van der Waals surface area contributed by atoms with Gasteiger partial charge in [-0.1, -0.05) is 22.0 Å². The highest BCUT2D eigenvalue weighted by molar-refractivity contribution is 9.10. The second-order valence-corrected chi connectivity index (χ2v) is 5.09. The highest BCUT2D eigenvalue weighted by atomic mass is 79.9. The summed E-state index contributed by atoms with van der Waals surface area (Å²) in [5.41, 5.74) is 1.14. The Hall–Kier alpha value is -1.22. The van der Waals surface area contributed by atoms with Gasteiger partial charge in [0.05, 0.1) is 6.26 Å². The van der Waals surface area contributed by atoms with Gasteiger partial charge in [0.25, 0.3) is 0 Å². The number of hydrogen-bond acceptors (Lipinski definition) is 2. The van der Waals surface area contributed by atoms with Crippen LogP contribution in [0.3, 0.4) is 0 Å². The molecular formula is C14H16BrNO. The van der Waals surface area contributed by atoms with Gasteiger partial charge < -0.3 is 9.73 Å². The van der Waals surface area contributed by atoms with Crippen molar-refractivity contribution in [2.45, 2.75) is 25.8 Å². The molecule has 0 spiro atoms. The number of furan rings is 1. The zero-order valence-electron chi connectivity index (χ0n) is 9.82. The van der Waals surface area contributed by atoms with Gasteiger partial charge in [0, 0.05) is 22.6 Å². The fraction of sp³-hybridized carbons (Fsp3) is 0.286. The lowest BCUT2D eigenvalue weighted by atomic mass is 10.1. The van der Waals surface area contributed by atoms with Crippen molar-refractivity contribution in [3.8, 4) is 0 Å². The summed E-state index contributed by atoms with van der Waals surface area (Å²) < 4.78 is 6.42. The van der Waals surface area contributed by atoms with Crippen LogP contribution in [-0.4, -0.2) is 6.04 Å². The van der Waals surface area contributed by atoms with Gasteiger partial charge in [0.15, 0.2) is 0 Å². The second kappa shape index (κ2) is 5.92. The van der Waals surface area contributed by atoms with E-state index < -0.39 is 0 Å². The molecule has 0 saturated carbocycles. The van der Waals surface area contributed by atoms with Crippen LogP contribution in [0.1, 0.15) is 19.1 Å². The number of hydrogen-bond donors (Lipinski definition) is 1. The number of halogens is 1. The topological polar surface area (TPSA) is 25.2 Å². The molecule has 0 aliphatic carbocycles. The lowest BCUT2D eigenvalue weighted by Crippen LogP contribution is -2.15. The maximum atomic E-state index is 5.32. The van der Waals surface area contributed by atoms with Crippen molar-refractivity contribution in [2.75, 3.05) is 5.32 Å². The van der Waals surface area contributed by atoms with Crippen molar-refractivity contribution in [3.05, 3.63) is 52.9 Å². The number of benzene rings is 1. The summed E-state index contributed by atoms with van der Waals surface area (Å²) in [5.74, 6) is 1.05. The maximum absolute atomic E-state index is 5.32. The van der Waals surface area contributed by atoms with E-state index in [1.807, 2.05) is 24.3 Å². The van der Waals surface area contributed by atoms with Gasteiger partial charge in [-0.3, -0.25) is 0 Å². The van der Waals surface area contributed by atoms with Crippen LogP contribution in [0.2, 0.25) is 0 Å². The number of anilines is 1. The van der Waals surface area contributed by atoms with Crippen molar-refractivity contribution in [2.24, 2.45) is 0 Å². The second-order valence-electron chi connectivity index (χ2n) is 4.17. The number of nitrogens with one attached hydrogen (secondary N) is 1. The first-order valence-corrected chi connectivity index (χ1v) is 6.58. The summed E-state index contributed by atoms with van der Waals surface area (Å²) in [5, 5.41) is 3.47. The first-order chi connectivity index (χ1) is 8.24. The molecule has 0 bridgehead atoms. The molecule has 0 amide bonds. The third-order valence-corrected chi connectivity index (χ3v) is 3.13. The smallest absolute Gasteiger partial charge is 0.103 e. The Morgan fingerprint density at radius 2 is 2.18 bits per heavy atom. The van der Waals surface area contributed by atoms with E-state index in [4.69, 9.17) is 4.42 Å². The van der Waals surface area contributed by atoms with Gasteiger partial charge in [0.2, 0.25) is 0 Å². The van der Waals surface area contributed by atoms with Crippen LogP contribution >= 0.6 is 15.9 Å². The molecule has 3 heteroatoms. The van der Waals surface area contributed by atoms with E-state index in [0.29, 0.717) is 6.04 Å². The Morgan fingerprint density at radius 3 is 2.88 bits per heavy atom. The summed E-state index contributed by atoms with van der Waals surface area (Å²) in [6, 6.07) is 12.6. The molecule has 0 aliphatic heterocycles. The Kier molecular flexibility index (Phi) is 4.26. The average molecular weight is 294 g/mol. The van der Waals surface area contributed by atoms with E-state index in [2.05, 4.69) is 40.3 Å². The van der Waals surface area contributed by atoms with Crippen LogP contribution in [0.5, 0.6) is 0 Å². The van der Waals surface area contributed by atoms with E-state index in [1.165, 1.54) is 0 Å². The summed E-state index contributed by atoms with van der Waals surface area (Å²) in [4.78, 5) is 0. The van der Waals surface area contributed by atoms with E-state index >= 15 is 0 Å². The van der Waals surface area contributed by atoms with Crippen LogP contribution in [-0.2, 0) is 6.42 Å². The minimum Gasteiger partial charge on any atom is -0.469 e. The largest absolute Gasteiger partial charge is 0.469 e. The summed E-state index contributed by atoms with van der Waals surface area (Å²) >= 11 is 3.47. The van der Waals surface area contributed by atoms with Crippen LogP contribution in [0.25, 0.3) is 0 Å². The van der Waals surface area contributed by atoms with Gasteiger partial charge in [-0.05, 0) is 43.7 Å². The molecule has 17 heavy (non-hydrogen) atoms. The molecule has 2 aromatic rings. The molecule has 1 unspecified atom stereocenters. The summed E-state index contributed by atoms with van der Waals surface area (Å²) in [7, 11) is 0. The molecule has 1 atom stereocenters. The SMILES string of the molecule is CC(CCc1ccco1)Nc1cccc(Br)c1. The van der Waals surface area contributed by atoms with Crippen LogP contribution in [0, 0.1) is 0 Å². The van der Waals surface area contributed by atoms with Gasteiger partial charge in [-0.15, -0.1) is 0 Å². The van der Waals surface area contributed by atoms with Gasteiger partial charge in [-0.25, -0.2) is 0 Å². The Bertz CT molecular complexity index is 453. The molecular weight excluding hydrogens is 278 g/mol. The van der Waals surface area contributed by atoms with Crippen LogP contribution in [0.4, 0.5) is 5.69 Å². The zero-order valence-corrected chi connectivity index (χ0v) is 11.4. The molecule has 0 saturated heterocycles. The van der Waals surface area contributed by atoms with E-state index in [-0.39, 0.29) is 0 Å². The summed E-state index contributed by atoms with van der Waals surface area (Å²) in [6.07, 6.45) is 3.75. The first kappa shape index (κ1) is 12.2. The molecule has 1 aromatic heterocycles. The van der Waals surface area contributed by atoms with Gasteiger partial charge >= 0.3 is 0 Å². The van der Waals surface area contributed by atoms with Gasteiger partial charge in [0.1, 0.15) is 5.76 Å². The third kappa shape index (κ3) is 3.93. The van der Waals surface area contributed by atoms with Gasteiger partial charge in [-0.2, -0.15) is 0 Å². The fourth-order valence-corrected chi connectivity index (χ4v) is 2.15. The molecule has 0 aliphatic rings. The van der Waals surface area contributed by atoms with Crippen molar-refractivity contribution in [3.63, 3.8) is 0 Å². The average Bonchev–Trinajstić information content (AvgIpc) is 2.79. The standard InChI is InChI=1S/C14H16BrNO/c1-11(7-8-14-6-3-9-17-14)16-13-5-2-4-12(15)10-13/h2-6,9-11,16H,7-8H2,1H3. The zero-order chi connectivity index (χ0) is 12.1. The minimum atomic E-state index is 0.425. The van der Waals surface area contributed by atoms with Crippen LogP contribution < -0.4 is 5.32 Å². The molecule has 1 aromatic carbocycles. The molecule has 2 nitrogen and oxygen atoms in total. The van der Waals surface area contributed by atoms with Crippen molar-refractivity contribution < 1.29 is 4.42 Å². The Balaban J connectivity index is 1.83. The van der Waals surface area contributed by atoms with E-state index in [1.54, 1.807) is 6.26 Å². The minimum absolute atomic E-state index is 0.425. The number of rotatable bonds is 5. The van der Waals surface area contributed by atoms with Crippen molar-refractivity contribution in [1.29, 1.82) is 0 Å². The Labute approximate surface area is 110 Å². The van der Waals surface area contributed by atoms with Crippen LogP contribution in [0.15, 0.2) is 51.6 Å². The monoisotopic (exact) mass is 293 g/mol. The summed E-state index contributed by atoms with van der Waals surface area (Å²) in [6.45, 7) is 2.18. The normalized spacial score (nSPS) is 12.4. The predicted molar refractivity (Wildman–Crippen MR) is 74.3 cm³/mol. The van der Waals surface area contributed by atoms with Crippen molar-refractivity contribution in [1.82, 2.24) is 0 Å². The third-order valence-electron chi connectivity index (χ3n) is 2.64. The molecule has 90 valence electrons. The highest BCUT2D eigenvalue weighted by Gasteiger charge is 2.04. The molecule has 2 rings (SSSR count). The Morgan fingerprint density at radius 1 is 1.29 bits per heavy atom. The predicted octanol–water partition coefficient (Wildman–Crippen LogP) is 4.48.